The maximum atomic E-state index is 6.30. The second kappa shape index (κ2) is 7.12. The van der Waals surface area contributed by atoms with Crippen molar-refractivity contribution < 1.29 is 0 Å². The molecule has 0 saturated heterocycles. The summed E-state index contributed by atoms with van der Waals surface area (Å²) in [6, 6.07) is 14.2. The largest absolute Gasteiger partial charge is 0.330 e. The Morgan fingerprint density at radius 3 is 2.30 bits per heavy atom. The van der Waals surface area contributed by atoms with Crippen molar-refractivity contribution in [3.05, 3.63) is 69.2 Å². The van der Waals surface area contributed by atoms with Crippen molar-refractivity contribution >= 4 is 23.2 Å². The van der Waals surface area contributed by atoms with Crippen LogP contribution in [-0.2, 0) is 12.8 Å². The average Bonchev–Trinajstić information content (AvgIpc) is 2.43. The molecule has 0 aromatic heterocycles. The molecule has 0 fully saturated rings. The van der Waals surface area contributed by atoms with Crippen LogP contribution in [-0.4, -0.2) is 6.54 Å². The van der Waals surface area contributed by atoms with E-state index in [2.05, 4.69) is 24.3 Å². The lowest BCUT2D eigenvalue weighted by Crippen LogP contribution is -2.19. The summed E-state index contributed by atoms with van der Waals surface area (Å²) in [7, 11) is 0. The van der Waals surface area contributed by atoms with E-state index >= 15 is 0 Å². The van der Waals surface area contributed by atoms with Gasteiger partial charge in [-0.15, -0.1) is 0 Å². The summed E-state index contributed by atoms with van der Waals surface area (Å²) in [5.74, 6) is 0.386. The fraction of sp³-hybridized carbons (Fsp3) is 0.294. The normalized spacial score (nSPS) is 12.4. The molecule has 106 valence electrons. The summed E-state index contributed by atoms with van der Waals surface area (Å²) in [5.41, 5.74) is 9.52. The third-order valence-electron chi connectivity index (χ3n) is 3.49. The number of halogens is 2. The van der Waals surface area contributed by atoms with E-state index in [0.29, 0.717) is 12.5 Å². The van der Waals surface area contributed by atoms with Gasteiger partial charge >= 0.3 is 0 Å². The van der Waals surface area contributed by atoms with Gasteiger partial charge < -0.3 is 5.73 Å². The molecule has 0 aliphatic carbocycles. The molecule has 20 heavy (non-hydrogen) atoms. The van der Waals surface area contributed by atoms with Gasteiger partial charge in [0, 0.05) is 10.0 Å². The summed E-state index contributed by atoms with van der Waals surface area (Å²) >= 11 is 12.2. The first-order valence-corrected chi connectivity index (χ1v) is 7.53. The number of nitrogens with two attached hydrogens (primary N) is 1. The Bertz CT molecular complexity index is 564. The van der Waals surface area contributed by atoms with Gasteiger partial charge in [-0.05, 0) is 67.1 Å². The third-order valence-corrected chi connectivity index (χ3v) is 4.09. The second-order valence-electron chi connectivity index (χ2n) is 5.23. The van der Waals surface area contributed by atoms with Crippen LogP contribution in [0, 0.1) is 12.8 Å². The highest BCUT2D eigenvalue weighted by Gasteiger charge is 2.11. The lowest BCUT2D eigenvalue weighted by atomic mass is 9.92. The topological polar surface area (TPSA) is 26.0 Å². The van der Waals surface area contributed by atoms with Gasteiger partial charge in [0.1, 0.15) is 0 Å². The van der Waals surface area contributed by atoms with Gasteiger partial charge in [0.2, 0.25) is 0 Å². The molecule has 0 aliphatic heterocycles. The third kappa shape index (κ3) is 4.24. The highest BCUT2D eigenvalue weighted by molar-refractivity contribution is 6.31. The molecule has 1 unspecified atom stereocenters. The van der Waals surface area contributed by atoms with Crippen LogP contribution in [0.25, 0.3) is 0 Å². The zero-order valence-electron chi connectivity index (χ0n) is 11.6. The van der Waals surface area contributed by atoms with E-state index < -0.39 is 0 Å². The summed E-state index contributed by atoms with van der Waals surface area (Å²) in [4.78, 5) is 0. The van der Waals surface area contributed by atoms with E-state index in [1.165, 1.54) is 16.7 Å². The van der Waals surface area contributed by atoms with Gasteiger partial charge in [-0.25, -0.2) is 0 Å². The lowest BCUT2D eigenvalue weighted by Gasteiger charge is -2.16. The minimum Gasteiger partial charge on any atom is -0.330 e. The molecule has 2 rings (SSSR count). The van der Waals surface area contributed by atoms with Crippen LogP contribution in [0.15, 0.2) is 42.5 Å². The molecule has 0 heterocycles. The van der Waals surface area contributed by atoms with Crippen LogP contribution in [0.2, 0.25) is 10.0 Å². The van der Waals surface area contributed by atoms with Gasteiger partial charge in [0.15, 0.2) is 0 Å². The molecule has 3 heteroatoms. The highest BCUT2D eigenvalue weighted by atomic mass is 35.5. The fourth-order valence-electron chi connectivity index (χ4n) is 2.32. The van der Waals surface area contributed by atoms with Crippen LogP contribution < -0.4 is 5.73 Å². The summed E-state index contributed by atoms with van der Waals surface area (Å²) in [5, 5.41) is 1.60. The van der Waals surface area contributed by atoms with Gasteiger partial charge in [0.25, 0.3) is 0 Å². The first-order chi connectivity index (χ1) is 9.58. The maximum Gasteiger partial charge on any atom is 0.0440 e. The Hall–Kier alpha value is -1.02. The fourth-order valence-corrected chi connectivity index (χ4v) is 2.76. The van der Waals surface area contributed by atoms with Crippen LogP contribution in [0.4, 0.5) is 0 Å². The highest BCUT2D eigenvalue weighted by Crippen LogP contribution is 2.22. The van der Waals surface area contributed by atoms with E-state index in [0.717, 1.165) is 22.9 Å². The Balaban J connectivity index is 2.07. The molecule has 0 bridgehead atoms. The molecule has 1 nitrogen and oxygen atoms in total. The predicted molar refractivity (Wildman–Crippen MR) is 87.6 cm³/mol. The Kier molecular flexibility index (Phi) is 5.47. The predicted octanol–water partition coefficient (Wildman–Crippen LogP) is 4.66. The van der Waals surface area contributed by atoms with Crippen molar-refractivity contribution in [1.29, 1.82) is 0 Å². The Morgan fingerprint density at radius 2 is 1.70 bits per heavy atom. The van der Waals surface area contributed by atoms with Crippen molar-refractivity contribution in [1.82, 2.24) is 0 Å². The molecule has 1 atom stereocenters. The monoisotopic (exact) mass is 307 g/mol. The summed E-state index contributed by atoms with van der Waals surface area (Å²) < 4.78 is 0. The van der Waals surface area contributed by atoms with E-state index in [-0.39, 0.29) is 0 Å². The minimum atomic E-state index is 0.386. The number of rotatable bonds is 5. The molecule has 2 aromatic carbocycles. The molecule has 2 aromatic rings. The number of benzene rings is 2. The quantitative estimate of drug-likeness (QED) is 0.854. The maximum absolute atomic E-state index is 6.30. The van der Waals surface area contributed by atoms with Gasteiger partial charge in [-0.3, -0.25) is 0 Å². The van der Waals surface area contributed by atoms with Gasteiger partial charge in [-0.1, -0.05) is 47.5 Å². The standard InChI is InChI=1S/C17H19Cl2N/c1-12-2-5-15(17(19)8-12)10-14(11-20)9-13-3-6-16(18)7-4-13/h2-8,14H,9-11,20H2,1H3. The van der Waals surface area contributed by atoms with Crippen LogP contribution >= 0.6 is 23.2 Å². The molecule has 0 radical (unpaired) electrons. The first kappa shape index (κ1) is 15.4. The van der Waals surface area contributed by atoms with Gasteiger partial charge in [0.05, 0.1) is 0 Å². The SMILES string of the molecule is Cc1ccc(CC(CN)Cc2ccc(Cl)cc2)c(Cl)c1. The molecule has 0 aliphatic rings. The van der Waals surface area contributed by atoms with Crippen LogP contribution in [0.3, 0.4) is 0 Å². The van der Waals surface area contributed by atoms with Crippen molar-refractivity contribution in [2.75, 3.05) is 6.54 Å². The molecular formula is C17H19Cl2N. The van der Waals surface area contributed by atoms with Crippen molar-refractivity contribution in [2.45, 2.75) is 19.8 Å². The average molecular weight is 308 g/mol. The summed E-state index contributed by atoms with van der Waals surface area (Å²) in [6.45, 7) is 2.69. The van der Waals surface area contributed by atoms with Crippen molar-refractivity contribution in [3.8, 4) is 0 Å². The van der Waals surface area contributed by atoms with E-state index in [4.69, 9.17) is 28.9 Å². The molecule has 2 N–H and O–H groups in total. The zero-order valence-corrected chi connectivity index (χ0v) is 13.1. The smallest absolute Gasteiger partial charge is 0.0440 e. The van der Waals surface area contributed by atoms with Gasteiger partial charge in [-0.2, -0.15) is 0 Å². The first-order valence-electron chi connectivity index (χ1n) is 6.78. The second-order valence-corrected chi connectivity index (χ2v) is 6.07. The minimum absolute atomic E-state index is 0.386. The number of hydrogen-bond donors (Lipinski definition) is 1. The summed E-state index contributed by atoms with van der Waals surface area (Å²) in [6.07, 6.45) is 1.84. The van der Waals surface area contributed by atoms with E-state index in [1.54, 1.807) is 0 Å². The Labute approximate surface area is 130 Å². The zero-order chi connectivity index (χ0) is 14.5. The van der Waals surface area contributed by atoms with E-state index in [1.807, 2.05) is 25.1 Å². The molecule has 0 saturated carbocycles. The number of hydrogen-bond acceptors (Lipinski definition) is 1. The molecule has 0 amide bonds. The van der Waals surface area contributed by atoms with Crippen molar-refractivity contribution in [2.24, 2.45) is 11.7 Å². The molecular weight excluding hydrogens is 289 g/mol. The van der Waals surface area contributed by atoms with Crippen molar-refractivity contribution in [3.63, 3.8) is 0 Å². The van der Waals surface area contributed by atoms with Crippen LogP contribution in [0.5, 0.6) is 0 Å². The lowest BCUT2D eigenvalue weighted by molar-refractivity contribution is 0.533. The van der Waals surface area contributed by atoms with E-state index in [9.17, 15) is 0 Å². The van der Waals surface area contributed by atoms with Crippen LogP contribution in [0.1, 0.15) is 16.7 Å². The Morgan fingerprint density at radius 1 is 1.00 bits per heavy atom. The molecule has 0 spiro atoms. The number of aryl methyl sites for hydroxylation is 1.